The van der Waals surface area contributed by atoms with Gasteiger partial charge in [-0.25, -0.2) is 9.48 Å². The molecule has 0 aliphatic carbocycles. The van der Waals surface area contributed by atoms with Crippen LogP contribution in [0.4, 0.5) is 5.69 Å². The molecule has 0 unspecified atom stereocenters. The largest absolute Gasteiger partial charge is 0.346 e. The maximum atomic E-state index is 11.5. The molecule has 1 N–H and O–H groups in total. The molecule has 1 aromatic carbocycles. The molecule has 0 spiro atoms. The number of aliphatic hydroxyl groups is 1. The van der Waals surface area contributed by atoms with E-state index in [1.54, 1.807) is 11.3 Å². The molecule has 4 rings (SSSR count). The molecule has 0 amide bonds. The first-order valence-corrected chi connectivity index (χ1v) is 9.85. The van der Waals surface area contributed by atoms with Crippen molar-refractivity contribution < 1.29 is 9.68 Å². The van der Waals surface area contributed by atoms with Gasteiger partial charge in [0, 0.05) is 5.75 Å². The van der Waals surface area contributed by atoms with Crippen molar-refractivity contribution in [1.29, 1.82) is 0 Å². The van der Waals surface area contributed by atoms with Gasteiger partial charge in [0.2, 0.25) is 0 Å². The second-order valence-electron chi connectivity index (χ2n) is 6.31. The first-order valence-electron chi connectivity index (χ1n) is 7.98. The highest BCUT2D eigenvalue weighted by atomic mass is 32.2. The van der Waals surface area contributed by atoms with Gasteiger partial charge in [-0.2, -0.15) is 0 Å². The third kappa shape index (κ3) is 2.42. The lowest BCUT2D eigenvalue weighted by Gasteiger charge is -2.22. The number of β-amino-alcohol motifs (C(OH)–C–C–N with tert-alkyl or cyclic N) is 1. The highest BCUT2D eigenvalue weighted by Gasteiger charge is 2.54. The van der Waals surface area contributed by atoms with Gasteiger partial charge in [0.25, 0.3) is 5.72 Å². The maximum absolute atomic E-state index is 11.5. The number of thiophene rings is 1. The minimum Gasteiger partial charge on any atom is -0.346 e. The van der Waals surface area contributed by atoms with Crippen LogP contribution in [0.3, 0.4) is 0 Å². The molecule has 1 aromatic heterocycles. The standard InChI is InChI=1S/C18H21N2OS2/c1-13-6-7-14(2)15(11-13)19-12-18(21,16-5-3-9-22-16)20-8-4-10-23-17(19)20/h3,5-7,9,11,21H,4,8,10,12H2,1-2H3/q+1/t18-/m0/s1. The summed E-state index contributed by atoms with van der Waals surface area (Å²) in [6.07, 6.45) is 1.11. The van der Waals surface area contributed by atoms with Crippen molar-refractivity contribution in [3.8, 4) is 0 Å². The molecule has 120 valence electrons. The Morgan fingerprint density at radius 3 is 2.91 bits per heavy atom. The quantitative estimate of drug-likeness (QED) is 0.844. The number of amidine groups is 1. The molecule has 3 heterocycles. The van der Waals surface area contributed by atoms with Gasteiger partial charge >= 0.3 is 5.17 Å². The number of nitrogens with zero attached hydrogens (tertiary/aromatic N) is 2. The van der Waals surface area contributed by atoms with Crippen LogP contribution in [0.1, 0.15) is 22.4 Å². The van der Waals surface area contributed by atoms with Crippen molar-refractivity contribution in [2.45, 2.75) is 26.0 Å². The lowest BCUT2D eigenvalue weighted by Crippen LogP contribution is -2.40. The Bertz CT molecular complexity index is 769. The highest BCUT2D eigenvalue weighted by molar-refractivity contribution is 8.13. The normalized spacial score (nSPS) is 24.2. The summed E-state index contributed by atoms with van der Waals surface area (Å²) in [6, 6.07) is 10.6. The first-order chi connectivity index (χ1) is 11.1. The molecule has 0 fully saturated rings. The second-order valence-corrected chi connectivity index (χ2v) is 8.32. The number of hydrogen-bond acceptors (Lipinski definition) is 4. The van der Waals surface area contributed by atoms with Crippen molar-refractivity contribution in [3.05, 3.63) is 51.7 Å². The number of aryl methyl sites for hydroxylation is 2. The van der Waals surface area contributed by atoms with Gasteiger partial charge in [-0.05, 0) is 60.7 Å². The van der Waals surface area contributed by atoms with E-state index in [0.717, 1.165) is 23.6 Å². The zero-order valence-corrected chi connectivity index (χ0v) is 15.1. The summed E-state index contributed by atoms with van der Waals surface area (Å²) in [5, 5.41) is 14.7. The Morgan fingerprint density at radius 2 is 2.13 bits per heavy atom. The Hall–Kier alpha value is -1.30. The highest BCUT2D eigenvalue weighted by Crippen LogP contribution is 2.40. The Balaban J connectivity index is 1.84. The average Bonchev–Trinajstić information content (AvgIpc) is 3.18. The number of anilines is 1. The molecular formula is C18H21N2OS2+. The van der Waals surface area contributed by atoms with Crippen molar-refractivity contribution in [3.63, 3.8) is 0 Å². The Labute approximate surface area is 145 Å². The molecule has 1 atom stereocenters. The topological polar surface area (TPSA) is 26.5 Å². The van der Waals surface area contributed by atoms with Gasteiger partial charge in [-0.15, -0.1) is 11.3 Å². The molecular weight excluding hydrogens is 324 g/mol. The summed E-state index contributed by atoms with van der Waals surface area (Å²) >= 11 is 3.50. The number of hydrogen-bond donors (Lipinski definition) is 1. The fourth-order valence-electron chi connectivity index (χ4n) is 3.42. The van der Waals surface area contributed by atoms with Crippen LogP contribution in [-0.4, -0.2) is 33.7 Å². The maximum Gasteiger partial charge on any atom is 0.316 e. The fraction of sp³-hybridized carbons (Fsp3) is 0.389. The van der Waals surface area contributed by atoms with E-state index in [9.17, 15) is 5.11 Å². The second kappa shape index (κ2) is 5.65. The number of benzene rings is 1. The molecule has 2 aromatic rings. The van der Waals surface area contributed by atoms with Crippen LogP contribution in [0.2, 0.25) is 0 Å². The summed E-state index contributed by atoms with van der Waals surface area (Å²) in [5.41, 5.74) is 2.81. The Morgan fingerprint density at radius 1 is 1.26 bits per heavy atom. The van der Waals surface area contributed by atoms with Gasteiger partial charge in [-0.1, -0.05) is 18.2 Å². The minimum atomic E-state index is -0.910. The lowest BCUT2D eigenvalue weighted by molar-refractivity contribution is -0.655. The van der Waals surface area contributed by atoms with Gasteiger partial charge in [0.05, 0.1) is 11.4 Å². The van der Waals surface area contributed by atoms with Crippen molar-refractivity contribution in [2.24, 2.45) is 0 Å². The number of rotatable bonds is 2. The van der Waals surface area contributed by atoms with Crippen LogP contribution < -0.4 is 4.90 Å². The molecule has 2 aliphatic heterocycles. The summed E-state index contributed by atoms with van der Waals surface area (Å²) < 4.78 is 2.20. The summed E-state index contributed by atoms with van der Waals surface area (Å²) in [4.78, 5) is 3.34. The lowest BCUT2D eigenvalue weighted by atomic mass is 10.1. The van der Waals surface area contributed by atoms with E-state index in [2.05, 4.69) is 41.5 Å². The molecule has 2 aliphatic rings. The summed E-state index contributed by atoms with van der Waals surface area (Å²) in [5.74, 6) is 1.12. The van der Waals surface area contributed by atoms with Crippen LogP contribution in [-0.2, 0) is 5.72 Å². The minimum absolute atomic E-state index is 0.597. The zero-order chi connectivity index (χ0) is 16.0. The van der Waals surface area contributed by atoms with E-state index in [4.69, 9.17) is 0 Å². The summed E-state index contributed by atoms with van der Waals surface area (Å²) in [7, 11) is 0. The van der Waals surface area contributed by atoms with Crippen LogP contribution in [0.15, 0.2) is 35.7 Å². The summed E-state index contributed by atoms with van der Waals surface area (Å²) in [6.45, 7) is 5.79. The predicted molar refractivity (Wildman–Crippen MR) is 98.7 cm³/mol. The van der Waals surface area contributed by atoms with E-state index in [1.165, 1.54) is 22.0 Å². The van der Waals surface area contributed by atoms with Gasteiger partial charge in [0.1, 0.15) is 5.69 Å². The van der Waals surface area contributed by atoms with Gasteiger partial charge < -0.3 is 5.11 Å². The van der Waals surface area contributed by atoms with Crippen LogP contribution >= 0.6 is 23.1 Å². The van der Waals surface area contributed by atoms with Gasteiger partial charge in [-0.3, -0.25) is 0 Å². The van der Waals surface area contributed by atoms with E-state index in [1.807, 2.05) is 29.3 Å². The smallest absolute Gasteiger partial charge is 0.316 e. The van der Waals surface area contributed by atoms with E-state index in [-0.39, 0.29) is 0 Å². The average molecular weight is 346 g/mol. The van der Waals surface area contributed by atoms with Crippen LogP contribution in [0.5, 0.6) is 0 Å². The number of thioether (sulfide) groups is 1. The van der Waals surface area contributed by atoms with E-state index < -0.39 is 5.72 Å². The van der Waals surface area contributed by atoms with Gasteiger partial charge in [0.15, 0.2) is 6.54 Å². The molecule has 23 heavy (non-hydrogen) atoms. The van der Waals surface area contributed by atoms with E-state index in [0.29, 0.717) is 6.54 Å². The molecule has 0 saturated carbocycles. The molecule has 5 heteroatoms. The van der Waals surface area contributed by atoms with Crippen LogP contribution in [0, 0.1) is 13.8 Å². The third-order valence-corrected chi connectivity index (χ3v) is 6.82. The monoisotopic (exact) mass is 345 g/mol. The third-order valence-electron chi connectivity index (χ3n) is 4.62. The fourth-order valence-corrected chi connectivity index (χ4v) is 5.41. The van der Waals surface area contributed by atoms with Crippen molar-refractivity contribution in [2.75, 3.05) is 23.7 Å². The first kappa shape index (κ1) is 15.2. The van der Waals surface area contributed by atoms with E-state index >= 15 is 0 Å². The predicted octanol–water partition coefficient (Wildman–Crippen LogP) is 3.54. The molecule has 3 nitrogen and oxygen atoms in total. The molecule has 0 saturated heterocycles. The molecule has 0 radical (unpaired) electrons. The molecule has 0 bridgehead atoms. The zero-order valence-electron chi connectivity index (χ0n) is 13.5. The van der Waals surface area contributed by atoms with Crippen LogP contribution in [0.25, 0.3) is 0 Å². The van der Waals surface area contributed by atoms with Crippen molar-refractivity contribution in [1.82, 2.24) is 0 Å². The Kier molecular flexibility index (Phi) is 3.75. The van der Waals surface area contributed by atoms with Crippen molar-refractivity contribution >= 4 is 34.0 Å². The SMILES string of the molecule is Cc1ccc(C)c(N2C[C@](O)(c3cccs3)[N+]3=C2SCCC3)c1.